The Morgan fingerprint density at radius 2 is 0.930 bits per heavy atom. The van der Waals surface area contributed by atoms with E-state index in [0.717, 1.165) is 44.9 Å². The van der Waals surface area contributed by atoms with Gasteiger partial charge in [-0.15, -0.1) is 0 Å². The van der Waals surface area contributed by atoms with Crippen LogP contribution in [-0.4, -0.2) is 96.8 Å². The van der Waals surface area contributed by atoms with Gasteiger partial charge in [-0.25, -0.2) is 4.57 Å². The topological polar surface area (TPSA) is 206 Å². The molecule has 0 aromatic carbocycles. The molecule has 1 fully saturated rings. The Morgan fingerprint density at radius 3 is 1.33 bits per heavy atom. The molecule has 1 rings (SSSR count). The summed E-state index contributed by atoms with van der Waals surface area (Å²) in [5.41, 5.74) is 0. The van der Waals surface area contributed by atoms with Gasteiger partial charge in [0.2, 0.25) is 5.91 Å². The quantitative estimate of drug-likeness (QED) is 0.0168. The summed E-state index contributed by atoms with van der Waals surface area (Å²) in [4.78, 5) is 23.3. The van der Waals surface area contributed by atoms with E-state index in [1.54, 1.807) is 0 Å². The fraction of sp³-hybridized carbons (Fsp3) is 0.932. The van der Waals surface area contributed by atoms with Crippen molar-refractivity contribution in [2.75, 3.05) is 6.61 Å². The van der Waals surface area contributed by atoms with Crippen molar-refractivity contribution >= 4 is 13.7 Å². The van der Waals surface area contributed by atoms with Crippen molar-refractivity contribution in [3.8, 4) is 0 Å². The van der Waals surface area contributed by atoms with E-state index >= 15 is 0 Å². The number of allylic oxidation sites excluding steroid dienone is 1. The van der Waals surface area contributed by atoms with Crippen LogP contribution in [-0.2, 0) is 18.4 Å². The molecule has 8 N–H and O–H groups in total. The Hall–Kier alpha value is -0.920. The molecule has 1 amide bonds. The average molecular weight is 836 g/mol. The van der Waals surface area contributed by atoms with Crippen LogP contribution in [0.25, 0.3) is 0 Å². The summed E-state index contributed by atoms with van der Waals surface area (Å²) in [7, 11) is -5.07. The smallest absolute Gasteiger partial charge is 0.387 e. The largest absolute Gasteiger partial charge is 0.472 e. The predicted octanol–water partition coefficient (Wildman–Crippen LogP) is 8.45. The molecule has 12 nitrogen and oxygen atoms in total. The first kappa shape index (κ1) is 54.1. The normalized spacial score (nSPS) is 23.5. The highest BCUT2D eigenvalue weighted by Gasteiger charge is 2.51. The second kappa shape index (κ2) is 34.8. The van der Waals surface area contributed by atoms with Crippen LogP contribution in [0.1, 0.15) is 206 Å². The molecule has 9 atom stereocenters. The highest BCUT2D eigenvalue weighted by Crippen LogP contribution is 2.47. The molecule has 0 aromatic heterocycles. The van der Waals surface area contributed by atoms with Gasteiger partial charge in [-0.1, -0.05) is 193 Å². The van der Waals surface area contributed by atoms with Gasteiger partial charge in [0.25, 0.3) is 0 Å². The first-order valence-electron chi connectivity index (χ1n) is 23.1. The van der Waals surface area contributed by atoms with Gasteiger partial charge in [-0.2, -0.15) is 0 Å². The van der Waals surface area contributed by atoms with E-state index in [0.29, 0.717) is 6.42 Å². The minimum absolute atomic E-state index is 0.218. The van der Waals surface area contributed by atoms with Crippen LogP contribution < -0.4 is 5.32 Å². The van der Waals surface area contributed by atoms with Crippen LogP contribution in [0.15, 0.2) is 12.2 Å². The number of aliphatic hydroxyl groups excluding tert-OH is 6. The number of rotatable bonds is 38. The number of carbonyl (C=O) groups excluding carboxylic acids is 1. The third-order valence-electron chi connectivity index (χ3n) is 11.3. The zero-order valence-corrected chi connectivity index (χ0v) is 36.8. The Bertz CT molecular complexity index is 1020. The molecule has 0 aliphatic heterocycles. The predicted molar refractivity (Wildman–Crippen MR) is 228 cm³/mol. The number of unbranched alkanes of at least 4 members (excludes halogenated alkanes) is 27. The Labute approximate surface area is 346 Å². The number of hydrogen-bond acceptors (Lipinski definition) is 10. The van der Waals surface area contributed by atoms with E-state index in [4.69, 9.17) is 9.05 Å². The van der Waals surface area contributed by atoms with E-state index in [9.17, 15) is 44.9 Å². The minimum Gasteiger partial charge on any atom is -0.387 e. The summed E-state index contributed by atoms with van der Waals surface area (Å²) >= 11 is 0. The van der Waals surface area contributed by atoms with Crippen LogP contribution >= 0.6 is 7.82 Å². The van der Waals surface area contributed by atoms with Gasteiger partial charge in [0.05, 0.1) is 18.8 Å². The van der Waals surface area contributed by atoms with Gasteiger partial charge in [-0.05, 0) is 19.3 Å². The van der Waals surface area contributed by atoms with Crippen LogP contribution in [0.4, 0.5) is 0 Å². The van der Waals surface area contributed by atoms with Gasteiger partial charge in [0.15, 0.2) is 0 Å². The van der Waals surface area contributed by atoms with Crippen molar-refractivity contribution in [2.45, 2.75) is 255 Å². The summed E-state index contributed by atoms with van der Waals surface area (Å²) in [6.45, 7) is 3.83. The molecule has 57 heavy (non-hydrogen) atoms. The van der Waals surface area contributed by atoms with Crippen molar-refractivity contribution in [1.29, 1.82) is 0 Å². The lowest BCUT2D eigenvalue weighted by molar-refractivity contribution is -0.220. The molecule has 13 heteroatoms. The number of aliphatic hydroxyl groups is 6. The third-order valence-corrected chi connectivity index (χ3v) is 12.3. The van der Waals surface area contributed by atoms with E-state index in [1.165, 1.54) is 141 Å². The second-order valence-corrected chi connectivity index (χ2v) is 18.0. The SMILES string of the molecule is CCCCCCCCCCC/C=C/[C@@H](O)[C@H](COP(=O)(O)OC1C(O)C(O)C(O)[C@@H](O)C1O)NC(=O)CCCCCCCCCCCCCCCCCCCCC. The van der Waals surface area contributed by atoms with E-state index in [-0.39, 0.29) is 12.3 Å². The zero-order valence-electron chi connectivity index (χ0n) is 35.9. The third kappa shape index (κ3) is 26.8. The van der Waals surface area contributed by atoms with E-state index in [2.05, 4.69) is 19.2 Å². The molecule has 0 saturated heterocycles. The molecular weight excluding hydrogens is 749 g/mol. The van der Waals surface area contributed by atoms with Gasteiger partial charge < -0.3 is 40.8 Å². The first-order chi connectivity index (χ1) is 27.4. The number of nitrogens with one attached hydrogen (secondary N) is 1. The van der Waals surface area contributed by atoms with Gasteiger partial charge in [0, 0.05) is 6.42 Å². The van der Waals surface area contributed by atoms with Gasteiger partial charge >= 0.3 is 7.82 Å². The molecule has 1 aliphatic carbocycles. The van der Waals surface area contributed by atoms with Crippen molar-refractivity contribution < 1.29 is 53.9 Å². The molecule has 0 radical (unpaired) electrons. The maximum Gasteiger partial charge on any atom is 0.472 e. The number of amides is 1. The average Bonchev–Trinajstić information content (AvgIpc) is 3.19. The minimum atomic E-state index is -5.07. The molecule has 6 unspecified atom stereocenters. The van der Waals surface area contributed by atoms with Gasteiger partial charge in [-0.3, -0.25) is 13.8 Å². The lowest BCUT2D eigenvalue weighted by Crippen LogP contribution is -2.64. The van der Waals surface area contributed by atoms with E-state index in [1.807, 2.05) is 6.08 Å². The van der Waals surface area contributed by atoms with Crippen molar-refractivity contribution in [3.63, 3.8) is 0 Å². The number of hydrogen-bond donors (Lipinski definition) is 8. The zero-order chi connectivity index (χ0) is 42.2. The fourth-order valence-corrected chi connectivity index (χ4v) is 8.46. The van der Waals surface area contributed by atoms with E-state index < -0.39 is 63.2 Å². The summed E-state index contributed by atoms with van der Waals surface area (Å²) in [6, 6.07) is -1.11. The molecule has 1 aliphatic rings. The summed E-state index contributed by atoms with van der Waals surface area (Å²) in [5.74, 6) is -0.339. The fourth-order valence-electron chi connectivity index (χ4n) is 7.49. The summed E-state index contributed by atoms with van der Waals surface area (Å²) in [5, 5.41) is 63.9. The van der Waals surface area contributed by atoms with Crippen molar-refractivity contribution in [1.82, 2.24) is 5.32 Å². The monoisotopic (exact) mass is 836 g/mol. The maximum absolute atomic E-state index is 12.9. The lowest BCUT2D eigenvalue weighted by atomic mass is 9.85. The highest BCUT2D eigenvalue weighted by atomic mass is 31.2. The summed E-state index contributed by atoms with van der Waals surface area (Å²) in [6.07, 6.45) is 25.8. The molecule has 0 spiro atoms. The molecule has 0 aromatic rings. The molecule has 338 valence electrons. The molecule has 1 saturated carbocycles. The van der Waals surface area contributed by atoms with Crippen LogP contribution in [0.2, 0.25) is 0 Å². The number of phosphoric ester groups is 1. The second-order valence-electron chi connectivity index (χ2n) is 16.6. The molecule has 0 heterocycles. The highest BCUT2D eigenvalue weighted by molar-refractivity contribution is 7.47. The van der Waals surface area contributed by atoms with Crippen molar-refractivity contribution in [2.24, 2.45) is 0 Å². The Kier molecular flexibility index (Phi) is 33.0. The maximum atomic E-state index is 12.9. The van der Waals surface area contributed by atoms with Crippen LogP contribution in [0.5, 0.6) is 0 Å². The lowest BCUT2D eigenvalue weighted by Gasteiger charge is -2.41. The first-order valence-corrected chi connectivity index (χ1v) is 24.6. The van der Waals surface area contributed by atoms with Crippen molar-refractivity contribution in [3.05, 3.63) is 12.2 Å². The molecule has 0 bridgehead atoms. The Balaban J connectivity index is 2.44. The Morgan fingerprint density at radius 1 is 0.579 bits per heavy atom. The molecular formula is C44H86NO11P. The van der Waals surface area contributed by atoms with Crippen LogP contribution in [0, 0.1) is 0 Å². The van der Waals surface area contributed by atoms with Crippen LogP contribution in [0.3, 0.4) is 0 Å². The number of phosphoric acid groups is 1. The number of carbonyl (C=O) groups is 1. The standard InChI is InChI=1S/C44H86NO11P/c1-3-5-7-9-11-13-15-16-17-18-19-20-21-22-24-26-28-30-32-34-38(47)45-36(37(46)33-31-29-27-25-23-14-12-10-8-6-4-2)35-55-57(53,54)56-44-42(51)40(49)39(48)41(50)43(44)52/h31,33,36-37,39-44,46,48-52H,3-30,32,34-35H2,1-2H3,(H,45,47)(H,53,54)/b33-31+/t36-,37+,39?,40+,41?,42?,43?,44?/m0/s1. The summed E-state index contributed by atoms with van der Waals surface area (Å²) < 4.78 is 22.9. The van der Waals surface area contributed by atoms with Gasteiger partial charge in [0.1, 0.15) is 36.6 Å².